The second-order valence-electron chi connectivity index (χ2n) is 8.27. The van der Waals surface area contributed by atoms with Crippen molar-refractivity contribution in [3.63, 3.8) is 0 Å². The van der Waals surface area contributed by atoms with Crippen molar-refractivity contribution >= 4 is 29.0 Å². The number of carbonyl (C=O) groups is 2. The number of fused-ring (bicyclic) bond motifs is 2. The van der Waals surface area contributed by atoms with Gasteiger partial charge in [0.15, 0.2) is 0 Å². The second kappa shape index (κ2) is 6.64. The van der Waals surface area contributed by atoms with Gasteiger partial charge in [0.25, 0.3) is 11.8 Å². The molecule has 150 valence electrons. The number of piperidine rings is 2. The first-order chi connectivity index (χ1) is 13.5. The first kappa shape index (κ1) is 18.3. The Hall–Kier alpha value is -1.77. The minimum Gasteiger partial charge on any atom is -0.370 e. The van der Waals surface area contributed by atoms with Crippen molar-refractivity contribution in [1.82, 2.24) is 15.5 Å². The standard InChI is InChI=1S/C20H26N4O3S/c1-13-22-18(26)19(23-13)5-9-24(10-6-19)17(25)16-12-14-15(28-16)2-11-27-20(14)3-7-21-8-4-20/h12,21H,2-11H2,1H3,(H,22,23,26). The molecule has 0 aliphatic carbocycles. The Morgan fingerprint density at radius 2 is 2.00 bits per heavy atom. The van der Waals surface area contributed by atoms with Gasteiger partial charge in [0, 0.05) is 24.4 Å². The van der Waals surface area contributed by atoms with E-state index in [9.17, 15) is 9.59 Å². The number of rotatable bonds is 1. The summed E-state index contributed by atoms with van der Waals surface area (Å²) in [5, 5.41) is 6.21. The van der Waals surface area contributed by atoms with Gasteiger partial charge < -0.3 is 20.3 Å². The van der Waals surface area contributed by atoms with Crippen LogP contribution in [0.4, 0.5) is 0 Å². The van der Waals surface area contributed by atoms with E-state index in [-0.39, 0.29) is 17.4 Å². The fraction of sp³-hybridized carbons (Fsp3) is 0.650. The quantitative estimate of drug-likeness (QED) is 0.744. The number of nitrogens with one attached hydrogen (secondary N) is 2. The van der Waals surface area contributed by atoms with E-state index in [0.717, 1.165) is 43.8 Å². The van der Waals surface area contributed by atoms with Gasteiger partial charge in [0.05, 0.1) is 17.1 Å². The third-order valence-corrected chi connectivity index (χ3v) is 7.79. The van der Waals surface area contributed by atoms with Crippen LogP contribution in [0.25, 0.3) is 0 Å². The predicted octanol–water partition coefficient (Wildman–Crippen LogP) is 1.42. The molecule has 0 unspecified atom stereocenters. The Kier molecular flexibility index (Phi) is 4.33. The molecule has 2 N–H and O–H groups in total. The van der Waals surface area contributed by atoms with Crippen molar-refractivity contribution in [3.8, 4) is 0 Å². The summed E-state index contributed by atoms with van der Waals surface area (Å²) >= 11 is 1.63. The van der Waals surface area contributed by atoms with Crippen LogP contribution < -0.4 is 10.6 Å². The summed E-state index contributed by atoms with van der Waals surface area (Å²) in [5.41, 5.74) is 0.355. The summed E-state index contributed by atoms with van der Waals surface area (Å²) in [5.74, 6) is 0.745. The molecule has 1 aromatic rings. The Bertz CT molecular complexity index is 848. The summed E-state index contributed by atoms with van der Waals surface area (Å²) in [6, 6.07) is 2.09. The van der Waals surface area contributed by atoms with Crippen molar-refractivity contribution in [2.45, 2.75) is 50.2 Å². The number of hydrogen-bond acceptors (Lipinski definition) is 6. The highest BCUT2D eigenvalue weighted by Gasteiger charge is 2.46. The van der Waals surface area contributed by atoms with Crippen LogP contribution in [-0.2, 0) is 21.6 Å². The maximum Gasteiger partial charge on any atom is 0.263 e. The zero-order chi connectivity index (χ0) is 19.4. The third-order valence-electron chi connectivity index (χ3n) is 6.61. The largest absolute Gasteiger partial charge is 0.370 e. The van der Waals surface area contributed by atoms with Crippen LogP contribution in [0.1, 0.15) is 52.7 Å². The predicted molar refractivity (Wildman–Crippen MR) is 107 cm³/mol. The monoisotopic (exact) mass is 402 g/mol. The van der Waals surface area contributed by atoms with Crippen LogP contribution in [0.5, 0.6) is 0 Å². The van der Waals surface area contributed by atoms with E-state index in [1.54, 1.807) is 11.3 Å². The van der Waals surface area contributed by atoms with E-state index in [2.05, 4.69) is 21.7 Å². The maximum atomic E-state index is 13.2. The molecule has 7 nitrogen and oxygen atoms in total. The number of hydrogen-bond donors (Lipinski definition) is 2. The van der Waals surface area contributed by atoms with E-state index in [1.807, 2.05) is 11.8 Å². The lowest BCUT2D eigenvalue weighted by atomic mass is 9.83. The van der Waals surface area contributed by atoms with Gasteiger partial charge in [-0.2, -0.15) is 0 Å². The Balaban J connectivity index is 1.34. The number of likely N-dealkylation sites (tertiary alicyclic amines) is 1. The van der Waals surface area contributed by atoms with Gasteiger partial charge in [-0.3, -0.25) is 14.6 Å². The van der Waals surface area contributed by atoms with Crippen LogP contribution in [0, 0.1) is 0 Å². The normalized spacial score (nSPS) is 25.5. The van der Waals surface area contributed by atoms with Crippen LogP contribution >= 0.6 is 11.3 Å². The summed E-state index contributed by atoms with van der Waals surface area (Å²) < 4.78 is 6.24. The number of carbonyl (C=O) groups excluding carboxylic acids is 2. The van der Waals surface area contributed by atoms with Crippen LogP contribution in [0.3, 0.4) is 0 Å². The van der Waals surface area contributed by atoms with Crippen LogP contribution in [0.2, 0.25) is 0 Å². The molecular formula is C20H26N4O3S. The number of aliphatic imine (C=N–C) groups is 1. The first-order valence-corrected chi connectivity index (χ1v) is 11.0. The van der Waals surface area contributed by atoms with Gasteiger partial charge in [0.1, 0.15) is 11.4 Å². The minimum absolute atomic E-state index is 0.0197. The summed E-state index contributed by atoms with van der Waals surface area (Å²) in [6.07, 6.45) is 3.99. The lowest BCUT2D eigenvalue weighted by Crippen LogP contribution is -2.50. The highest BCUT2D eigenvalue weighted by molar-refractivity contribution is 7.14. The van der Waals surface area contributed by atoms with E-state index in [4.69, 9.17) is 4.74 Å². The minimum atomic E-state index is -0.664. The lowest BCUT2D eigenvalue weighted by molar-refractivity contribution is -0.125. The molecule has 5 rings (SSSR count). The molecule has 2 amide bonds. The summed E-state index contributed by atoms with van der Waals surface area (Å²) in [4.78, 5) is 34.0. The van der Waals surface area contributed by atoms with Crippen molar-refractivity contribution in [2.75, 3.05) is 32.8 Å². The molecule has 5 heterocycles. The Morgan fingerprint density at radius 1 is 1.25 bits per heavy atom. The lowest BCUT2D eigenvalue weighted by Gasteiger charge is -2.40. The van der Waals surface area contributed by atoms with E-state index in [0.29, 0.717) is 31.8 Å². The molecule has 8 heteroatoms. The van der Waals surface area contributed by atoms with Crippen molar-refractivity contribution in [3.05, 3.63) is 21.4 Å². The zero-order valence-electron chi connectivity index (χ0n) is 16.2. The zero-order valence-corrected chi connectivity index (χ0v) is 17.0. The van der Waals surface area contributed by atoms with Crippen molar-refractivity contribution < 1.29 is 14.3 Å². The number of ether oxygens (including phenoxy) is 1. The SMILES string of the molecule is CC1=NC2(CCN(C(=O)c3cc4c(s3)CCOC43CCNCC3)CC2)C(=O)N1. The number of nitrogens with zero attached hydrogens (tertiary/aromatic N) is 2. The second-order valence-corrected chi connectivity index (χ2v) is 9.40. The fourth-order valence-electron chi connectivity index (χ4n) is 5.02. The first-order valence-electron chi connectivity index (χ1n) is 10.2. The van der Waals surface area contributed by atoms with Crippen molar-refractivity contribution in [2.24, 2.45) is 4.99 Å². The fourth-order valence-corrected chi connectivity index (χ4v) is 6.22. The molecule has 2 saturated heterocycles. The number of amidine groups is 1. The molecule has 1 aromatic heterocycles. The van der Waals surface area contributed by atoms with E-state index >= 15 is 0 Å². The average molecular weight is 403 g/mol. The number of amides is 2. The van der Waals surface area contributed by atoms with Gasteiger partial charge in [-0.1, -0.05) is 0 Å². The molecule has 0 bridgehead atoms. The van der Waals surface area contributed by atoms with Crippen LogP contribution in [0.15, 0.2) is 11.1 Å². The van der Waals surface area contributed by atoms with Crippen molar-refractivity contribution in [1.29, 1.82) is 0 Å². The molecule has 28 heavy (non-hydrogen) atoms. The topological polar surface area (TPSA) is 83.0 Å². The molecule has 0 radical (unpaired) electrons. The van der Waals surface area contributed by atoms with E-state index < -0.39 is 5.54 Å². The van der Waals surface area contributed by atoms with Gasteiger partial charge in [-0.05, 0) is 57.3 Å². The Morgan fingerprint density at radius 3 is 2.68 bits per heavy atom. The van der Waals surface area contributed by atoms with Gasteiger partial charge in [0.2, 0.25) is 0 Å². The summed E-state index contributed by atoms with van der Waals surface area (Å²) in [6.45, 7) is 5.59. The third kappa shape index (κ3) is 2.81. The molecule has 0 aromatic carbocycles. The highest BCUT2D eigenvalue weighted by atomic mass is 32.1. The highest BCUT2D eigenvalue weighted by Crippen LogP contribution is 2.44. The maximum absolute atomic E-state index is 13.2. The molecule has 0 saturated carbocycles. The smallest absolute Gasteiger partial charge is 0.263 e. The molecule has 2 spiro atoms. The average Bonchev–Trinajstić information content (AvgIpc) is 3.25. The van der Waals surface area contributed by atoms with Gasteiger partial charge >= 0.3 is 0 Å². The van der Waals surface area contributed by atoms with Gasteiger partial charge in [-0.25, -0.2) is 0 Å². The van der Waals surface area contributed by atoms with E-state index in [1.165, 1.54) is 10.4 Å². The van der Waals surface area contributed by atoms with Gasteiger partial charge in [-0.15, -0.1) is 11.3 Å². The van der Waals surface area contributed by atoms with Crippen LogP contribution in [-0.4, -0.2) is 60.9 Å². The molecular weight excluding hydrogens is 376 g/mol. The molecule has 2 fully saturated rings. The number of thiophene rings is 1. The molecule has 4 aliphatic heterocycles. The Labute approximate surface area is 168 Å². The molecule has 0 atom stereocenters. The molecule has 4 aliphatic rings. The summed E-state index contributed by atoms with van der Waals surface area (Å²) in [7, 11) is 0.